The molecular formula is C24H23F2N3O2. The summed E-state index contributed by atoms with van der Waals surface area (Å²) >= 11 is 0. The molecular weight excluding hydrogens is 400 g/mol. The van der Waals surface area contributed by atoms with Gasteiger partial charge in [-0.25, -0.2) is 8.78 Å². The molecule has 0 aliphatic rings. The normalized spacial score (nSPS) is 11.2. The molecule has 0 radical (unpaired) electrons. The molecule has 0 aliphatic heterocycles. The third-order valence-corrected chi connectivity index (χ3v) is 4.57. The van der Waals surface area contributed by atoms with Gasteiger partial charge in [0, 0.05) is 42.4 Å². The van der Waals surface area contributed by atoms with Crippen molar-refractivity contribution < 1.29 is 13.7 Å². The third-order valence-electron chi connectivity index (χ3n) is 4.57. The van der Waals surface area contributed by atoms with E-state index in [0.29, 0.717) is 35.2 Å². The molecule has 0 bridgehead atoms. The number of hydrogen-bond acceptors (Lipinski definition) is 3. The van der Waals surface area contributed by atoms with Crippen LogP contribution in [0.25, 0.3) is 11.3 Å². The highest BCUT2D eigenvalue weighted by Gasteiger charge is 2.18. The van der Waals surface area contributed by atoms with Crippen LogP contribution in [0.2, 0.25) is 0 Å². The second-order valence-electron chi connectivity index (χ2n) is 8.44. The fraction of sp³-hybridized carbons (Fsp3) is 0.292. The fourth-order valence-electron chi connectivity index (χ4n) is 3.18. The van der Waals surface area contributed by atoms with Crippen molar-refractivity contribution in [1.82, 2.24) is 9.78 Å². The van der Waals surface area contributed by atoms with Crippen LogP contribution < -0.4 is 0 Å². The molecule has 160 valence electrons. The molecule has 1 heterocycles. The average Bonchev–Trinajstić information content (AvgIpc) is 3.04. The molecule has 3 aromatic rings. The average molecular weight is 423 g/mol. The largest absolute Gasteiger partial charge is 0.274 e. The maximum Gasteiger partial charge on any atom is 0.270 e. The van der Waals surface area contributed by atoms with Crippen LogP contribution in [-0.4, -0.2) is 14.7 Å². The first kappa shape index (κ1) is 22.2. The summed E-state index contributed by atoms with van der Waals surface area (Å²) in [6.45, 7) is 5.98. The minimum atomic E-state index is -0.636. The van der Waals surface area contributed by atoms with Crippen molar-refractivity contribution in [1.29, 1.82) is 0 Å². The van der Waals surface area contributed by atoms with Crippen molar-refractivity contribution in [2.24, 2.45) is 12.5 Å². The second kappa shape index (κ2) is 8.68. The van der Waals surface area contributed by atoms with Gasteiger partial charge < -0.3 is 0 Å². The Balaban J connectivity index is 2.05. The Hall–Kier alpha value is -3.53. The fourth-order valence-corrected chi connectivity index (χ4v) is 3.18. The monoisotopic (exact) mass is 423 g/mol. The number of hydrogen-bond donors (Lipinski definition) is 0. The van der Waals surface area contributed by atoms with Gasteiger partial charge in [-0.05, 0) is 56.9 Å². The molecule has 0 atom stereocenters. The first-order valence-electron chi connectivity index (χ1n) is 9.81. The number of nitro groups is 1. The van der Waals surface area contributed by atoms with Crippen molar-refractivity contribution in [3.63, 3.8) is 0 Å². The van der Waals surface area contributed by atoms with E-state index in [4.69, 9.17) is 0 Å². The van der Waals surface area contributed by atoms with Crippen LogP contribution >= 0.6 is 0 Å². The van der Waals surface area contributed by atoms with Gasteiger partial charge in [-0.3, -0.25) is 14.8 Å². The van der Waals surface area contributed by atoms with E-state index in [2.05, 4.69) is 16.9 Å². The maximum absolute atomic E-state index is 13.5. The van der Waals surface area contributed by atoms with E-state index in [1.165, 1.54) is 24.3 Å². The summed E-state index contributed by atoms with van der Waals surface area (Å²) in [6.07, 6.45) is 2.58. The summed E-state index contributed by atoms with van der Waals surface area (Å²) in [5.74, 6) is 5.03. The molecule has 31 heavy (non-hydrogen) atoms. The minimum absolute atomic E-state index is 0.0593. The van der Waals surface area contributed by atoms with E-state index in [1.54, 1.807) is 24.0 Å². The second-order valence-corrected chi connectivity index (χ2v) is 8.44. The lowest BCUT2D eigenvalue weighted by Gasteiger charge is -2.10. The molecule has 0 spiro atoms. The summed E-state index contributed by atoms with van der Waals surface area (Å²) in [5.41, 5.74) is 2.81. The van der Waals surface area contributed by atoms with E-state index in [0.717, 1.165) is 11.6 Å². The Kier molecular flexibility index (Phi) is 6.21. The summed E-state index contributed by atoms with van der Waals surface area (Å²) in [5, 5.41) is 15.9. The number of non-ortho nitro benzene ring substituents is 1. The number of nitrogens with zero attached hydrogens (tertiary/aromatic N) is 3. The third kappa shape index (κ3) is 5.76. The van der Waals surface area contributed by atoms with Gasteiger partial charge in [-0.1, -0.05) is 17.9 Å². The van der Waals surface area contributed by atoms with E-state index in [9.17, 15) is 18.9 Å². The highest BCUT2D eigenvalue weighted by atomic mass is 19.1. The maximum atomic E-state index is 13.5. The molecule has 0 aliphatic carbocycles. The van der Waals surface area contributed by atoms with Gasteiger partial charge in [-0.15, -0.1) is 0 Å². The Bertz CT molecular complexity index is 1180. The van der Waals surface area contributed by atoms with Crippen molar-refractivity contribution in [2.75, 3.05) is 0 Å². The molecule has 0 unspecified atom stereocenters. The molecule has 0 amide bonds. The summed E-state index contributed by atoms with van der Waals surface area (Å²) in [7, 11) is 1.76. The SMILES string of the molecule is Cn1cc(C#CC(C)(C)C)c(-c2cc([N+](=O)[O-])ccc2CCc2cc(F)cc(F)c2)n1. The van der Waals surface area contributed by atoms with Gasteiger partial charge in [0.25, 0.3) is 5.69 Å². The topological polar surface area (TPSA) is 61.0 Å². The predicted octanol–water partition coefficient (Wildman–Crippen LogP) is 5.46. The number of aromatic nitrogens is 2. The first-order chi connectivity index (χ1) is 14.5. The van der Waals surface area contributed by atoms with Crippen LogP contribution in [0.3, 0.4) is 0 Å². The van der Waals surface area contributed by atoms with E-state index in [-0.39, 0.29) is 11.1 Å². The Morgan fingerprint density at radius 3 is 2.39 bits per heavy atom. The number of benzene rings is 2. The van der Waals surface area contributed by atoms with Gasteiger partial charge in [0.1, 0.15) is 17.3 Å². The molecule has 0 saturated carbocycles. The summed E-state index contributed by atoms with van der Waals surface area (Å²) in [6, 6.07) is 7.97. The Morgan fingerprint density at radius 1 is 1.10 bits per heavy atom. The van der Waals surface area contributed by atoms with Gasteiger partial charge in [0.15, 0.2) is 0 Å². The van der Waals surface area contributed by atoms with Crippen LogP contribution in [0, 0.1) is 39.0 Å². The van der Waals surface area contributed by atoms with Crippen LogP contribution in [0.5, 0.6) is 0 Å². The number of aryl methyl sites for hydroxylation is 3. The molecule has 0 fully saturated rings. The highest BCUT2D eigenvalue weighted by Crippen LogP contribution is 2.30. The standard InChI is InChI=1S/C24H23F2N3O2/c1-24(2,3)10-9-18-15-28(4)27-23(18)22-14-21(29(30)31)8-7-17(22)6-5-16-11-19(25)13-20(26)12-16/h7-8,11-15H,5-6H2,1-4H3. The zero-order valence-electron chi connectivity index (χ0n) is 17.9. The van der Waals surface area contributed by atoms with E-state index in [1.807, 2.05) is 20.8 Å². The van der Waals surface area contributed by atoms with Gasteiger partial charge >= 0.3 is 0 Å². The predicted molar refractivity (Wildman–Crippen MR) is 115 cm³/mol. The van der Waals surface area contributed by atoms with Crippen LogP contribution in [0.4, 0.5) is 14.5 Å². The van der Waals surface area contributed by atoms with Crippen molar-refractivity contribution in [3.8, 4) is 23.1 Å². The molecule has 2 aromatic carbocycles. The molecule has 1 aromatic heterocycles. The first-order valence-corrected chi connectivity index (χ1v) is 9.81. The molecule has 0 saturated heterocycles. The summed E-state index contributed by atoms with van der Waals surface area (Å²) < 4.78 is 28.7. The van der Waals surface area contributed by atoms with Gasteiger partial charge in [0.05, 0.1) is 10.5 Å². The lowest BCUT2D eigenvalue weighted by molar-refractivity contribution is -0.384. The van der Waals surface area contributed by atoms with Crippen molar-refractivity contribution in [2.45, 2.75) is 33.6 Å². The number of nitro benzene ring substituents is 1. The molecule has 3 rings (SSSR count). The zero-order valence-corrected chi connectivity index (χ0v) is 17.9. The quantitative estimate of drug-likeness (QED) is 0.311. The van der Waals surface area contributed by atoms with Crippen LogP contribution in [0.1, 0.15) is 37.5 Å². The van der Waals surface area contributed by atoms with Crippen LogP contribution in [0.15, 0.2) is 42.6 Å². The Labute approximate surface area is 179 Å². The van der Waals surface area contributed by atoms with Gasteiger partial charge in [0.2, 0.25) is 0 Å². The number of halogens is 2. The number of rotatable bonds is 5. The molecule has 7 heteroatoms. The van der Waals surface area contributed by atoms with Crippen LogP contribution in [-0.2, 0) is 19.9 Å². The van der Waals surface area contributed by atoms with Gasteiger partial charge in [-0.2, -0.15) is 5.10 Å². The lowest BCUT2D eigenvalue weighted by Crippen LogP contribution is -2.00. The Morgan fingerprint density at radius 2 is 1.77 bits per heavy atom. The van der Waals surface area contributed by atoms with E-state index < -0.39 is 16.6 Å². The van der Waals surface area contributed by atoms with E-state index >= 15 is 0 Å². The van der Waals surface area contributed by atoms with Crippen molar-refractivity contribution in [3.05, 3.63) is 81.0 Å². The minimum Gasteiger partial charge on any atom is -0.274 e. The zero-order chi connectivity index (χ0) is 22.8. The summed E-state index contributed by atoms with van der Waals surface area (Å²) in [4.78, 5) is 10.9. The smallest absolute Gasteiger partial charge is 0.270 e. The van der Waals surface area contributed by atoms with Crippen molar-refractivity contribution >= 4 is 5.69 Å². The lowest BCUT2D eigenvalue weighted by atomic mass is 9.94. The molecule has 5 nitrogen and oxygen atoms in total. The highest BCUT2D eigenvalue weighted by molar-refractivity contribution is 5.72. The molecule has 0 N–H and O–H groups in total.